The summed E-state index contributed by atoms with van der Waals surface area (Å²) in [5.74, 6) is -0.189. The number of para-hydroxylation sites is 1. The third kappa shape index (κ3) is 3.73. The molecule has 0 radical (unpaired) electrons. The van der Waals surface area contributed by atoms with Gasteiger partial charge in [-0.15, -0.1) is 0 Å². The van der Waals surface area contributed by atoms with Gasteiger partial charge in [0.25, 0.3) is 5.91 Å². The van der Waals surface area contributed by atoms with Crippen LogP contribution in [-0.4, -0.2) is 43.8 Å². The summed E-state index contributed by atoms with van der Waals surface area (Å²) in [6, 6.07) is 10.3. The lowest BCUT2D eigenvalue weighted by Gasteiger charge is -2.18. The van der Waals surface area contributed by atoms with E-state index in [4.69, 9.17) is 4.74 Å². The number of sulfonamides is 1. The minimum atomic E-state index is -3.72. The van der Waals surface area contributed by atoms with Crippen molar-refractivity contribution in [3.63, 3.8) is 0 Å². The van der Waals surface area contributed by atoms with Crippen molar-refractivity contribution in [3.8, 4) is 5.75 Å². The number of methoxy groups -OCH3 is 1. The lowest BCUT2D eigenvalue weighted by molar-refractivity contribution is 0.102. The number of nitrogens with zero attached hydrogens (tertiary/aromatic N) is 2. The molecular weight excluding hydrogens is 410 g/mol. The second-order valence-electron chi connectivity index (χ2n) is 6.87. The summed E-state index contributed by atoms with van der Waals surface area (Å²) in [4.78, 5) is 17.3. The van der Waals surface area contributed by atoms with Crippen molar-refractivity contribution < 1.29 is 17.9 Å². The number of rotatable bonds is 5. The molecule has 3 aromatic rings. The van der Waals surface area contributed by atoms with Gasteiger partial charge in [0, 0.05) is 18.7 Å². The normalized spacial score (nSPS) is 15.0. The number of aromatic nitrogens is 1. The van der Waals surface area contributed by atoms with Gasteiger partial charge in [-0.2, -0.15) is 4.31 Å². The van der Waals surface area contributed by atoms with Crippen LogP contribution < -0.4 is 10.1 Å². The zero-order valence-electron chi connectivity index (χ0n) is 16.1. The van der Waals surface area contributed by atoms with Gasteiger partial charge in [-0.25, -0.2) is 13.4 Å². The van der Waals surface area contributed by atoms with Gasteiger partial charge in [0.05, 0.1) is 17.3 Å². The fourth-order valence-corrected chi connectivity index (χ4v) is 6.03. The van der Waals surface area contributed by atoms with Gasteiger partial charge >= 0.3 is 0 Å². The van der Waals surface area contributed by atoms with E-state index in [1.807, 2.05) is 25.1 Å². The molecule has 0 unspecified atom stereocenters. The number of hydrogen-bond donors (Lipinski definition) is 1. The number of hydrogen-bond acceptors (Lipinski definition) is 6. The molecule has 2 heterocycles. The third-order valence-corrected chi connectivity index (χ3v) is 7.81. The van der Waals surface area contributed by atoms with E-state index in [0.29, 0.717) is 18.2 Å². The Morgan fingerprint density at radius 3 is 2.66 bits per heavy atom. The molecule has 1 fully saturated rings. The van der Waals surface area contributed by atoms with Crippen LogP contribution in [0.4, 0.5) is 5.13 Å². The van der Waals surface area contributed by atoms with E-state index < -0.39 is 15.9 Å². The van der Waals surface area contributed by atoms with Crippen molar-refractivity contribution in [1.29, 1.82) is 0 Å². The van der Waals surface area contributed by atoms with Gasteiger partial charge in [0.2, 0.25) is 10.0 Å². The maximum Gasteiger partial charge on any atom is 0.257 e. The van der Waals surface area contributed by atoms with Gasteiger partial charge in [-0.1, -0.05) is 23.5 Å². The summed E-state index contributed by atoms with van der Waals surface area (Å²) in [7, 11) is -2.30. The Labute approximate surface area is 173 Å². The highest BCUT2D eigenvalue weighted by molar-refractivity contribution is 7.89. The first-order valence-corrected chi connectivity index (χ1v) is 11.5. The summed E-state index contributed by atoms with van der Waals surface area (Å²) in [6.45, 7) is 2.92. The largest absolute Gasteiger partial charge is 0.495 e. The number of benzene rings is 2. The Morgan fingerprint density at radius 1 is 1.21 bits per heavy atom. The molecule has 1 N–H and O–H groups in total. The minimum absolute atomic E-state index is 0.00898. The van der Waals surface area contributed by atoms with E-state index in [0.717, 1.165) is 28.6 Å². The molecule has 1 aliphatic rings. The minimum Gasteiger partial charge on any atom is -0.495 e. The van der Waals surface area contributed by atoms with Crippen LogP contribution in [0.5, 0.6) is 5.75 Å². The topological polar surface area (TPSA) is 88.6 Å². The molecule has 0 spiro atoms. The van der Waals surface area contributed by atoms with Crippen molar-refractivity contribution in [2.75, 3.05) is 25.5 Å². The second kappa shape index (κ2) is 7.74. The number of ether oxygens (including phenoxy) is 1. The smallest absolute Gasteiger partial charge is 0.257 e. The van der Waals surface area contributed by atoms with E-state index >= 15 is 0 Å². The summed E-state index contributed by atoms with van der Waals surface area (Å²) in [5.41, 5.74) is 2.11. The average Bonchev–Trinajstić information content (AvgIpc) is 3.38. The van der Waals surface area contributed by atoms with E-state index in [1.54, 1.807) is 6.07 Å². The molecular formula is C20H21N3O4S2. The van der Waals surface area contributed by atoms with Crippen molar-refractivity contribution in [1.82, 2.24) is 9.29 Å². The number of nitrogens with one attached hydrogen (secondary N) is 1. The molecule has 1 aromatic heterocycles. The highest BCUT2D eigenvalue weighted by Crippen LogP contribution is 2.31. The fraction of sp³-hybridized carbons (Fsp3) is 0.300. The molecule has 1 amide bonds. The van der Waals surface area contributed by atoms with Crippen molar-refractivity contribution in [2.24, 2.45) is 0 Å². The maximum atomic E-state index is 13.0. The van der Waals surface area contributed by atoms with Gasteiger partial charge in [0.1, 0.15) is 10.6 Å². The number of aryl methyl sites for hydroxylation is 1. The molecule has 0 bridgehead atoms. The summed E-state index contributed by atoms with van der Waals surface area (Å²) in [6.07, 6.45) is 1.66. The van der Waals surface area contributed by atoms with Crippen LogP contribution in [0.15, 0.2) is 41.3 Å². The number of fused-ring (bicyclic) bond motifs is 1. The molecule has 0 aliphatic carbocycles. The van der Waals surface area contributed by atoms with Gasteiger partial charge in [-0.05, 0) is 49.6 Å². The summed E-state index contributed by atoms with van der Waals surface area (Å²) >= 11 is 1.38. The van der Waals surface area contributed by atoms with Crippen molar-refractivity contribution in [2.45, 2.75) is 24.7 Å². The Balaban J connectivity index is 1.65. The fourth-order valence-electron chi connectivity index (χ4n) is 3.40. The lowest BCUT2D eigenvalue weighted by Crippen LogP contribution is -2.28. The van der Waals surface area contributed by atoms with Gasteiger partial charge < -0.3 is 4.74 Å². The van der Waals surface area contributed by atoms with Crippen LogP contribution in [0.3, 0.4) is 0 Å². The van der Waals surface area contributed by atoms with Crippen molar-refractivity contribution in [3.05, 3.63) is 47.5 Å². The van der Waals surface area contributed by atoms with Crippen LogP contribution >= 0.6 is 11.3 Å². The molecule has 7 nitrogen and oxygen atoms in total. The van der Waals surface area contributed by atoms with E-state index in [-0.39, 0.29) is 16.2 Å². The highest BCUT2D eigenvalue weighted by Gasteiger charge is 2.30. The summed E-state index contributed by atoms with van der Waals surface area (Å²) < 4.78 is 33.7. The standard InChI is InChI=1S/C20H21N3O4S2/c1-13-6-5-7-16-18(13)21-20(28-16)22-19(24)14-8-9-15(27-2)17(12-14)29(25,26)23-10-3-4-11-23/h5-9,12H,3-4,10-11H2,1-2H3,(H,21,22,24). The second-order valence-corrected chi connectivity index (χ2v) is 9.81. The van der Waals surface area contributed by atoms with E-state index in [9.17, 15) is 13.2 Å². The molecule has 4 rings (SSSR count). The number of thiazole rings is 1. The first kappa shape index (κ1) is 19.8. The van der Waals surface area contributed by atoms with Crippen LogP contribution in [0, 0.1) is 6.92 Å². The van der Waals surface area contributed by atoms with E-state index in [1.165, 1.54) is 34.9 Å². The predicted octanol–water partition coefficient (Wildman–Crippen LogP) is 3.65. The van der Waals surface area contributed by atoms with Crippen LogP contribution in [-0.2, 0) is 10.0 Å². The summed E-state index contributed by atoms with van der Waals surface area (Å²) in [5, 5.41) is 3.25. The van der Waals surface area contributed by atoms with Gasteiger partial charge in [-0.3, -0.25) is 10.1 Å². The van der Waals surface area contributed by atoms with Crippen molar-refractivity contribution >= 4 is 42.6 Å². The number of carbonyl (C=O) groups is 1. The maximum absolute atomic E-state index is 13.0. The molecule has 0 atom stereocenters. The molecule has 1 saturated heterocycles. The highest BCUT2D eigenvalue weighted by atomic mass is 32.2. The zero-order chi connectivity index (χ0) is 20.6. The number of carbonyl (C=O) groups excluding carboxylic acids is 1. The van der Waals surface area contributed by atoms with Crippen LogP contribution in [0.1, 0.15) is 28.8 Å². The molecule has 152 valence electrons. The zero-order valence-corrected chi connectivity index (χ0v) is 17.8. The molecule has 1 aliphatic heterocycles. The number of amides is 1. The molecule has 2 aromatic carbocycles. The Morgan fingerprint density at radius 2 is 1.97 bits per heavy atom. The predicted molar refractivity (Wildman–Crippen MR) is 113 cm³/mol. The first-order chi connectivity index (χ1) is 13.9. The average molecular weight is 432 g/mol. The van der Waals surface area contributed by atoms with Gasteiger partial charge in [0.15, 0.2) is 5.13 Å². The molecule has 29 heavy (non-hydrogen) atoms. The van der Waals surface area contributed by atoms with Crippen LogP contribution in [0.25, 0.3) is 10.2 Å². The number of anilines is 1. The van der Waals surface area contributed by atoms with E-state index in [2.05, 4.69) is 10.3 Å². The quantitative estimate of drug-likeness (QED) is 0.666. The monoisotopic (exact) mass is 431 g/mol. The first-order valence-electron chi connectivity index (χ1n) is 9.26. The molecule has 0 saturated carbocycles. The Kier molecular flexibility index (Phi) is 5.28. The third-order valence-electron chi connectivity index (χ3n) is 4.95. The molecule has 9 heteroatoms. The SMILES string of the molecule is COc1ccc(C(=O)Nc2nc3c(C)cccc3s2)cc1S(=O)(=O)N1CCCC1. The lowest BCUT2D eigenvalue weighted by atomic mass is 10.2. The Bertz CT molecular complexity index is 1180. The van der Waals surface area contributed by atoms with Crippen LogP contribution in [0.2, 0.25) is 0 Å². The Hall–Kier alpha value is -2.49.